The van der Waals surface area contributed by atoms with Gasteiger partial charge in [-0.3, -0.25) is 0 Å². The van der Waals surface area contributed by atoms with Crippen LogP contribution in [0.1, 0.15) is 26.2 Å². The van der Waals surface area contributed by atoms with Gasteiger partial charge in [-0.05, 0) is 25.1 Å². The summed E-state index contributed by atoms with van der Waals surface area (Å²) < 4.78 is 18.2. The summed E-state index contributed by atoms with van der Waals surface area (Å²) in [6, 6.07) is 6.23. The summed E-state index contributed by atoms with van der Waals surface area (Å²) >= 11 is 0. The lowest BCUT2D eigenvalue weighted by Gasteiger charge is -2.07. The van der Waals surface area contributed by atoms with Crippen LogP contribution in [0.5, 0.6) is 5.75 Å². The summed E-state index contributed by atoms with van der Waals surface area (Å²) in [5, 5.41) is 3.29. The third-order valence-electron chi connectivity index (χ3n) is 2.30. The lowest BCUT2D eigenvalue weighted by molar-refractivity contribution is 0.312. The maximum absolute atomic E-state index is 12.8. The molecule has 0 aromatic heterocycles. The van der Waals surface area contributed by atoms with E-state index in [1.165, 1.54) is 31.4 Å². The normalized spacial score (nSPS) is 10.4. The third-order valence-corrected chi connectivity index (χ3v) is 2.30. The average Bonchev–Trinajstić information content (AvgIpc) is 2.28. The van der Waals surface area contributed by atoms with Crippen LogP contribution in [0.2, 0.25) is 0 Å². The molecule has 0 saturated heterocycles. The molecule has 1 aromatic carbocycles. The largest absolute Gasteiger partial charge is 0.492 e. The smallest absolute Gasteiger partial charge is 0.126 e. The Bertz CT molecular complexity index is 291. The highest BCUT2D eigenvalue weighted by Gasteiger charge is 1.95. The van der Waals surface area contributed by atoms with E-state index in [0.717, 1.165) is 13.1 Å². The fraction of sp³-hybridized carbons (Fsp3) is 0.538. The van der Waals surface area contributed by atoms with Gasteiger partial charge in [0.1, 0.15) is 18.2 Å². The van der Waals surface area contributed by atoms with E-state index in [4.69, 9.17) is 4.74 Å². The second kappa shape index (κ2) is 8.11. The predicted molar refractivity (Wildman–Crippen MR) is 64.3 cm³/mol. The minimum atomic E-state index is -0.256. The molecule has 1 rings (SSSR count). The SMILES string of the molecule is CCCCCNCCOc1cccc(F)c1. The Hall–Kier alpha value is -1.09. The van der Waals surface area contributed by atoms with Gasteiger partial charge in [-0.1, -0.05) is 25.8 Å². The Kier molecular flexibility index (Phi) is 6.58. The second-order valence-electron chi connectivity index (χ2n) is 3.76. The van der Waals surface area contributed by atoms with Crippen LogP contribution in [-0.2, 0) is 0 Å². The molecule has 0 aliphatic carbocycles. The van der Waals surface area contributed by atoms with Crippen molar-refractivity contribution in [1.82, 2.24) is 5.32 Å². The molecule has 0 atom stereocenters. The number of benzene rings is 1. The van der Waals surface area contributed by atoms with E-state index < -0.39 is 0 Å². The maximum atomic E-state index is 12.8. The van der Waals surface area contributed by atoms with Gasteiger partial charge in [-0.15, -0.1) is 0 Å². The quantitative estimate of drug-likeness (QED) is 0.687. The number of ether oxygens (including phenoxy) is 1. The van der Waals surface area contributed by atoms with Gasteiger partial charge in [0.2, 0.25) is 0 Å². The van der Waals surface area contributed by atoms with Crippen molar-refractivity contribution in [3.8, 4) is 5.75 Å². The Labute approximate surface area is 96.8 Å². The molecule has 0 aliphatic rings. The van der Waals surface area contributed by atoms with E-state index in [-0.39, 0.29) is 5.82 Å². The second-order valence-corrected chi connectivity index (χ2v) is 3.76. The Balaban J connectivity index is 2.03. The van der Waals surface area contributed by atoms with Crippen molar-refractivity contribution in [2.75, 3.05) is 19.7 Å². The first-order valence-electron chi connectivity index (χ1n) is 5.92. The number of unbranched alkanes of at least 4 members (excludes halogenated alkanes) is 2. The highest BCUT2D eigenvalue weighted by atomic mass is 19.1. The highest BCUT2D eigenvalue weighted by molar-refractivity contribution is 5.22. The lowest BCUT2D eigenvalue weighted by atomic mass is 10.2. The summed E-state index contributed by atoms with van der Waals surface area (Å²) in [5.74, 6) is 0.337. The number of rotatable bonds is 8. The van der Waals surface area contributed by atoms with Gasteiger partial charge in [-0.25, -0.2) is 4.39 Å². The molecule has 0 unspecified atom stereocenters. The van der Waals surface area contributed by atoms with Crippen molar-refractivity contribution in [3.63, 3.8) is 0 Å². The number of halogens is 1. The summed E-state index contributed by atoms with van der Waals surface area (Å²) in [6.07, 6.45) is 3.70. The minimum Gasteiger partial charge on any atom is -0.492 e. The number of hydrogen-bond donors (Lipinski definition) is 1. The number of nitrogens with one attached hydrogen (secondary N) is 1. The van der Waals surface area contributed by atoms with Crippen molar-refractivity contribution in [1.29, 1.82) is 0 Å². The average molecular weight is 225 g/mol. The van der Waals surface area contributed by atoms with Crippen LogP contribution in [0.15, 0.2) is 24.3 Å². The maximum Gasteiger partial charge on any atom is 0.126 e. The fourth-order valence-electron chi connectivity index (χ4n) is 1.42. The van der Waals surface area contributed by atoms with Gasteiger partial charge < -0.3 is 10.1 Å². The van der Waals surface area contributed by atoms with E-state index in [0.29, 0.717) is 12.4 Å². The topological polar surface area (TPSA) is 21.3 Å². The Morgan fingerprint density at radius 2 is 2.12 bits per heavy atom. The zero-order chi connectivity index (χ0) is 11.6. The first kappa shape index (κ1) is 13.0. The van der Waals surface area contributed by atoms with Gasteiger partial charge in [0.25, 0.3) is 0 Å². The Morgan fingerprint density at radius 1 is 1.25 bits per heavy atom. The third kappa shape index (κ3) is 5.71. The van der Waals surface area contributed by atoms with Gasteiger partial charge >= 0.3 is 0 Å². The van der Waals surface area contributed by atoms with Crippen LogP contribution in [0.3, 0.4) is 0 Å². The molecule has 2 nitrogen and oxygen atoms in total. The summed E-state index contributed by atoms with van der Waals surface area (Å²) in [5.41, 5.74) is 0. The van der Waals surface area contributed by atoms with Crippen LogP contribution in [-0.4, -0.2) is 19.7 Å². The van der Waals surface area contributed by atoms with Gasteiger partial charge in [0.15, 0.2) is 0 Å². The van der Waals surface area contributed by atoms with Crippen molar-refractivity contribution < 1.29 is 9.13 Å². The molecule has 0 heterocycles. The molecule has 0 aliphatic heterocycles. The van der Waals surface area contributed by atoms with Crippen LogP contribution in [0.25, 0.3) is 0 Å². The first-order valence-corrected chi connectivity index (χ1v) is 5.92. The van der Waals surface area contributed by atoms with Crippen LogP contribution < -0.4 is 10.1 Å². The van der Waals surface area contributed by atoms with Crippen molar-refractivity contribution in [2.45, 2.75) is 26.2 Å². The molecule has 0 amide bonds. The molecule has 16 heavy (non-hydrogen) atoms. The molecule has 1 N–H and O–H groups in total. The zero-order valence-electron chi connectivity index (χ0n) is 9.84. The molecule has 0 bridgehead atoms. The first-order chi connectivity index (χ1) is 7.83. The summed E-state index contributed by atoms with van der Waals surface area (Å²) in [6.45, 7) is 4.60. The van der Waals surface area contributed by atoms with E-state index >= 15 is 0 Å². The standard InChI is InChI=1S/C13H20FNO/c1-2-3-4-8-15-9-10-16-13-7-5-6-12(14)11-13/h5-7,11,15H,2-4,8-10H2,1H3. The van der Waals surface area contributed by atoms with Gasteiger partial charge in [0.05, 0.1) is 0 Å². The van der Waals surface area contributed by atoms with Crippen LogP contribution in [0.4, 0.5) is 4.39 Å². The minimum absolute atomic E-state index is 0.256. The highest BCUT2D eigenvalue weighted by Crippen LogP contribution is 2.11. The predicted octanol–water partition coefficient (Wildman–Crippen LogP) is 2.98. The van der Waals surface area contributed by atoms with E-state index in [1.807, 2.05) is 0 Å². The van der Waals surface area contributed by atoms with Gasteiger partial charge in [0, 0.05) is 12.6 Å². The van der Waals surface area contributed by atoms with Crippen molar-refractivity contribution in [2.24, 2.45) is 0 Å². The van der Waals surface area contributed by atoms with Crippen molar-refractivity contribution in [3.05, 3.63) is 30.1 Å². The van der Waals surface area contributed by atoms with Gasteiger partial charge in [-0.2, -0.15) is 0 Å². The zero-order valence-corrected chi connectivity index (χ0v) is 9.84. The molecular weight excluding hydrogens is 205 g/mol. The molecular formula is C13H20FNO. The lowest BCUT2D eigenvalue weighted by Crippen LogP contribution is -2.22. The monoisotopic (exact) mass is 225 g/mol. The molecule has 1 aromatic rings. The summed E-state index contributed by atoms with van der Waals surface area (Å²) in [4.78, 5) is 0. The molecule has 0 saturated carbocycles. The van der Waals surface area contributed by atoms with E-state index in [2.05, 4.69) is 12.2 Å². The molecule has 3 heteroatoms. The molecule has 0 radical (unpaired) electrons. The summed E-state index contributed by atoms with van der Waals surface area (Å²) in [7, 11) is 0. The van der Waals surface area contributed by atoms with Crippen LogP contribution in [0, 0.1) is 5.82 Å². The van der Waals surface area contributed by atoms with E-state index in [1.54, 1.807) is 12.1 Å². The molecule has 0 spiro atoms. The number of hydrogen-bond acceptors (Lipinski definition) is 2. The Morgan fingerprint density at radius 3 is 2.88 bits per heavy atom. The van der Waals surface area contributed by atoms with Crippen molar-refractivity contribution >= 4 is 0 Å². The fourth-order valence-corrected chi connectivity index (χ4v) is 1.42. The van der Waals surface area contributed by atoms with E-state index in [9.17, 15) is 4.39 Å². The van der Waals surface area contributed by atoms with Crippen LogP contribution >= 0.6 is 0 Å². The molecule has 0 fully saturated rings. The molecule has 90 valence electrons.